The third kappa shape index (κ3) is 4.35. The predicted molar refractivity (Wildman–Crippen MR) is 85.8 cm³/mol. The maximum atomic E-state index is 12.6. The number of amides is 1. The molecule has 0 unspecified atom stereocenters. The molecule has 1 N–H and O–H groups in total. The lowest BCUT2D eigenvalue weighted by Crippen LogP contribution is -2.13. The van der Waals surface area contributed by atoms with E-state index in [-0.39, 0.29) is 0 Å². The molecule has 0 fully saturated rings. The maximum absolute atomic E-state index is 12.6. The second-order valence-corrected chi connectivity index (χ2v) is 5.43. The monoisotopic (exact) mass is 339 g/mol. The van der Waals surface area contributed by atoms with Gasteiger partial charge in [0, 0.05) is 10.5 Å². The Balaban J connectivity index is 2.23. The predicted octanol–water partition coefficient (Wildman–Crippen LogP) is 4.27. The highest BCUT2D eigenvalue weighted by Crippen LogP contribution is 2.32. The van der Waals surface area contributed by atoms with Gasteiger partial charge in [0.25, 0.3) is 11.7 Å². The van der Waals surface area contributed by atoms with Crippen LogP contribution in [0.1, 0.15) is 10.4 Å². The minimum atomic E-state index is -2.56. The SMILES string of the molecule is COc1ccc(C(=O)Nc2ccccc2SC(F)F)cc1OC. The number of carbonyl (C=O) groups excluding carboxylic acids is 1. The Labute approximate surface area is 136 Å². The van der Waals surface area contributed by atoms with E-state index in [2.05, 4.69) is 5.32 Å². The summed E-state index contributed by atoms with van der Waals surface area (Å²) < 4.78 is 35.4. The second kappa shape index (κ2) is 7.82. The minimum absolute atomic E-state index is 0.302. The number of anilines is 1. The standard InChI is InChI=1S/C16H15F2NO3S/c1-21-12-8-7-10(9-13(12)22-2)15(20)19-11-5-3-4-6-14(11)23-16(17)18/h3-9,16H,1-2H3,(H,19,20). The van der Waals surface area contributed by atoms with Crippen molar-refractivity contribution in [2.75, 3.05) is 19.5 Å². The van der Waals surface area contributed by atoms with Crippen molar-refractivity contribution in [2.45, 2.75) is 10.7 Å². The van der Waals surface area contributed by atoms with Gasteiger partial charge in [-0.15, -0.1) is 0 Å². The maximum Gasteiger partial charge on any atom is 0.288 e. The first-order chi connectivity index (χ1) is 11.0. The van der Waals surface area contributed by atoms with Crippen molar-refractivity contribution in [3.63, 3.8) is 0 Å². The Morgan fingerprint density at radius 2 is 1.78 bits per heavy atom. The number of halogens is 2. The fourth-order valence-electron chi connectivity index (χ4n) is 1.94. The first kappa shape index (κ1) is 17.1. The Morgan fingerprint density at radius 3 is 2.43 bits per heavy atom. The molecule has 0 atom stereocenters. The lowest BCUT2D eigenvalue weighted by molar-refractivity contribution is 0.102. The molecule has 0 aliphatic carbocycles. The smallest absolute Gasteiger partial charge is 0.288 e. The minimum Gasteiger partial charge on any atom is -0.493 e. The van der Waals surface area contributed by atoms with Gasteiger partial charge in [0.05, 0.1) is 19.9 Å². The number of methoxy groups -OCH3 is 2. The zero-order chi connectivity index (χ0) is 16.8. The largest absolute Gasteiger partial charge is 0.493 e. The molecule has 0 saturated heterocycles. The third-order valence-corrected chi connectivity index (χ3v) is 3.79. The molecule has 0 radical (unpaired) electrons. The number of nitrogens with one attached hydrogen (secondary N) is 1. The van der Waals surface area contributed by atoms with Crippen LogP contribution in [-0.4, -0.2) is 25.9 Å². The van der Waals surface area contributed by atoms with E-state index in [1.807, 2.05) is 0 Å². The van der Waals surface area contributed by atoms with Crippen LogP contribution in [-0.2, 0) is 0 Å². The van der Waals surface area contributed by atoms with Crippen LogP contribution in [0.2, 0.25) is 0 Å². The average molecular weight is 339 g/mol. The molecule has 0 bridgehead atoms. The molecule has 0 aromatic heterocycles. The molecule has 0 heterocycles. The van der Waals surface area contributed by atoms with Gasteiger partial charge in [0.2, 0.25) is 0 Å². The molecular formula is C16H15F2NO3S. The Morgan fingerprint density at radius 1 is 1.09 bits per heavy atom. The molecule has 122 valence electrons. The molecule has 1 amide bonds. The van der Waals surface area contributed by atoms with E-state index >= 15 is 0 Å². The molecule has 0 saturated carbocycles. The fourth-order valence-corrected chi connectivity index (χ4v) is 2.54. The lowest BCUT2D eigenvalue weighted by Gasteiger charge is -2.12. The van der Waals surface area contributed by atoms with Gasteiger partial charge in [-0.05, 0) is 30.3 Å². The van der Waals surface area contributed by atoms with E-state index in [4.69, 9.17) is 9.47 Å². The van der Waals surface area contributed by atoms with Crippen LogP contribution < -0.4 is 14.8 Å². The van der Waals surface area contributed by atoms with Crippen LogP contribution in [0.15, 0.2) is 47.4 Å². The number of thioether (sulfide) groups is 1. The molecule has 0 spiro atoms. The van der Waals surface area contributed by atoms with Gasteiger partial charge >= 0.3 is 0 Å². The zero-order valence-corrected chi connectivity index (χ0v) is 13.3. The summed E-state index contributed by atoms with van der Waals surface area (Å²) in [6, 6.07) is 11.1. The van der Waals surface area contributed by atoms with Gasteiger partial charge in [-0.2, -0.15) is 8.78 Å². The summed E-state index contributed by atoms with van der Waals surface area (Å²) in [5.41, 5.74) is 0.664. The van der Waals surface area contributed by atoms with Crippen molar-refractivity contribution in [1.82, 2.24) is 0 Å². The summed E-state index contributed by atoms with van der Waals surface area (Å²) >= 11 is 0.383. The van der Waals surface area contributed by atoms with Crippen LogP contribution >= 0.6 is 11.8 Å². The number of hydrogen-bond acceptors (Lipinski definition) is 4. The van der Waals surface area contributed by atoms with E-state index in [0.717, 1.165) is 0 Å². The summed E-state index contributed by atoms with van der Waals surface area (Å²) in [6.45, 7) is 0. The van der Waals surface area contributed by atoms with E-state index in [1.54, 1.807) is 30.3 Å². The fraction of sp³-hybridized carbons (Fsp3) is 0.188. The van der Waals surface area contributed by atoms with Crippen molar-refractivity contribution in [3.05, 3.63) is 48.0 Å². The van der Waals surface area contributed by atoms with Crippen LogP contribution in [0, 0.1) is 0 Å². The number of ether oxygens (including phenoxy) is 2. The van der Waals surface area contributed by atoms with Crippen molar-refractivity contribution in [3.8, 4) is 11.5 Å². The molecule has 2 aromatic carbocycles. The number of benzene rings is 2. The van der Waals surface area contributed by atoms with Crippen molar-refractivity contribution in [1.29, 1.82) is 0 Å². The second-order valence-electron chi connectivity index (χ2n) is 4.40. The number of rotatable bonds is 6. The number of para-hydroxylation sites is 1. The van der Waals surface area contributed by atoms with Crippen molar-refractivity contribution in [2.24, 2.45) is 0 Å². The molecular weight excluding hydrogens is 324 g/mol. The summed E-state index contributed by atoms with van der Waals surface area (Å²) in [7, 11) is 2.96. The lowest BCUT2D eigenvalue weighted by atomic mass is 10.2. The summed E-state index contributed by atoms with van der Waals surface area (Å²) in [6.07, 6.45) is 0. The zero-order valence-electron chi connectivity index (χ0n) is 12.5. The van der Waals surface area contributed by atoms with Crippen molar-refractivity contribution >= 4 is 23.4 Å². The third-order valence-electron chi connectivity index (χ3n) is 3.00. The van der Waals surface area contributed by atoms with E-state index < -0.39 is 11.7 Å². The average Bonchev–Trinajstić information content (AvgIpc) is 2.55. The highest BCUT2D eigenvalue weighted by atomic mass is 32.2. The molecule has 23 heavy (non-hydrogen) atoms. The van der Waals surface area contributed by atoms with Gasteiger partial charge in [-0.1, -0.05) is 23.9 Å². The summed E-state index contributed by atoms with van der Waals surface area (Å²) in [5, 5.41) is 2.63. The van der Waals surface area contributed by atoms with Gasteiger partial charge < -0.3 is 14.8 Å². The highest BCUT2D eigenvalue weighted by Gasteiger charge is 2.14. The molecule has 7 heteroatoms. The normalized spacial score (nSPS) is 10.5. The van der Waals surface area contributed by atoms with Gasteiger partial charge in [0.15, 0.2) is 11.5 Å². The van der Waals surface area contributed by atoms with Crippen LogP contribution in [0.3, 0.4) is 0 Å². The molecule has 2 aromatic rings. The number of alkyl halides is 2. The number of hydrogen-bond donors (Lipinski definition) is 1. The van der Waals surface area contributed by atoms with Gasteiger partial charge in [-0.3, -0.25) is 4.79 Å². The van der Waals surface area contributed by atoms with Gasteiger partial charge in [0.1, 0.15) is 0 Å². The van der Waals surface area contributed by atoms with E-state index in [0.29, 0.717) is 39.4 Å². The highest BCUT2D eigenvalue weighted by molar-refractivity contribution is 7.99. The molecule has 0 aliphatic rings. The topological polar surface area (TPSA) is 47.6 Å². The Kier molecular flexibility index (Phi) is 5.81. The van der Waals surface area contributed by atoms with E-state index in [9.17, 15) is 13.6 Å². The summed E-state index contributed by atoms with van der Waals surface area (Å²) in [4.78, 5) is 12.6. The number of carbonyl (C=O) groups is 1. The molecule has 0 aliphatic heterocycles. The van der Waals surface area contributed by atoms with Crippen LogP contribution in [0.25, 0.3) is 0 Å². The van der Waals surface area contributed by atoms with Crippen LogP contribution in [0.4, 0.5) is 14.5 Å². The van der Waals surface area contributed by atoms with Crippen molar-refractivity contribution < 1.29 is 23.0 Å². The van der Waals surface area contributed by atoms with E-state index in [1.165, 1.54) is 26.4 Å². The van der Waals surface area contributed by atoms with Gasteiger partial charge in [-0.25, -0.2) is 0 Å². The van der Waals surface area contributed by atoms with Crippen LogP contribution in [0.5, 0.6) is 11.5 Å². The first-order valence-corrected chi connectivity index (χ1v) is 7.50. The quantitative estimate of drug-likeness (QED) is 0.799. The Hall–Kier alpha value is -2.28. The molecule has 2 rings (SSSR count). The molecule has 4 nitrogen and oxygen atoms in total. The summed E-state index contributed by atoms with van der Waals surface area (Å²) in [5.74, 6) is -2.07. The first-order valence-electron chi connectivity index (χ1n) is 6.62. The Bertz CT molecular complexity index is 695.